The maximum atomic E-state index is 10.7. The number of aromatic hydroxyl groups is 1. The minimum atomic E-state index is -1.78. The molecule has 1 atom stereocenters. The van der Waals surface area contributed by atoms with Gasteiger partial charge in [0, 0.05) is 5.56 Å². The fourth-order valence-electron chi connectivity index (χ4n) is 1.74. The summed E-state index contributed by atoms with van der Waals surface area (Å²) in [5.74, 6) is -1.66. The lowest BCUT2D eigenvalue weighted by Gasteiger charge is -2.13. The number of hydrogen-bond acceptors (Lipinski definition) is 4. The molecule has 2 aromatic carbocycles. The lowest BCUT2D eigenvalue weighted by atomic mass is 10.1. The molecule has 3 N–H and O–H groups in total. The summed E-state index contributed by atoms with van der Waals surface area (Å²) in [4.78, 5) is 10.7. The molecule has 0 saturated carbocycles. The van der Waals surface area contributed by atoms with E-state index in [0.29, 0.717) is 0 Å². The van der Waals surface area contributed by atoms with Crippen molar-refractivity contribution >= 4 is 5.97 Å². The fourth-order valence-corrected chi connectivity index (χ4v) is 1.74. The van der Waals surface area contributed by atoms with Crippen LogP contribution in [0.25, 0.3) is 0 Å². The molecule has 0 aliphatic rings. The Morgan fingerprint density at radius 3 is 2.45 bits per heavy atom. The zero-order valence-electron chi connectivity index (χ0n) is 10.6. The number of aliphatic hydroxyl groups is 1. The van der Waals surface area contributed by atoms with Crippen LogP contribution in [0.15, 0.2) is 48.5 Å². The lowest BCUT2D eigenvalue weighted by molar-refractivity contribution is -0.147. The van der Waals surface area contributed by atoms with E-state index in [-0.39, 0.29) is 23.7 Å². The molecule has 2 rings (SSSR count). The van der Waals surface area contributed by atoms with Gasteiger partial charge in [0.1, 0.15) is 6.61 Å². The van der Waals surface area contributed by atoms with Crippen LogP contribution >= 0.6 is 0 Å². The SMILES string of the molecule is O=C(O)C(O)c1cccc(OCc2ccccc2)c1O. The van der Waals surface area contributed by atoms with Crippen LogP contribution in [0.2, 0.25) is 0 Å². The van der Waals surface area contributed by atoms with Gasteiger partial charge in [0.05, 0.1) is 0 Å². The molecule has 104 valence electrons. The Balaban J connectivity index is 2.17. The van der Waals surface area contributed by atoms with E-state index >= 15 is 0 Å². The molecule has 0 aliphatic carbocycles. The molecule has 0 aromatic heterocycles. The number of carbonyl (C=O) groups is 1. The predicted octanol–water partition coefficient (Wildman–Crippen LogP) is 2.09. The third-order valence-corrected chi connectivity index (χ3v) is 2.80. The Morgan fingerprint density at radius 1 is 1.10 bits per heavy atom. The first-order chi connectivity index (χ1) is 9.59. The fraction of sp³-hybridized carbons (Fsp3) is 0.133. The normalized spacial score (nSPS) is 11.8. The molecule has 0 radical (unpaired) electrons. The molecule has 2 aromatic rings. The van der Waals surface area contributed by atoms with Gasteiger partial charge in [-0.1, -0.05) is 42.5 Å². The van der Waals surface area contributed by atoms with Gasteiger partial charge in [-0.3, -0.25) is 0 Å². The van der Waals surface area contributed by atoms with Crippen molar-refractivity contribution in [3.05, 3.63) is 59.7 Å². The van der Waals surface area contributed by atoms with Crippen molar-refractivity contribution in [1.82, 2.24) is 0 Å². The number of phenols is 1. The Hall–Kier alpha value is -2.53. The lowest BCUT2D eigenvalue weighted by Crippen LogP contribution is -2.11. The quantitative estimate of drug-likeness (QED) is 0.777. The predicted molar refractivity (Wildman–Crippen MR) is 71.5 cm³/mol. The summed E-state index contributed by atoms with van der Waals surface area (Å²) in [6, 6.07) is 13.7. The van der Waals surface area contributed by atoms with E-state index in [1.165, 1.54) is 18.2 Å². The summed E-state index contributed by atoms with van der Waals surface area (Å²) < 4.78 is 5.44. The maximum absolute atomic E-state index is 10.7. The third-order valence-electron chi connectivity index (χ3n) is 2.80. The Labute approximate surface area is 115 Å². The highest BCUT2D eigenvalue weighted by Gasteiger charge is 2.21. The molecule has 20 heavy (non-hydrogen) atoms. The summed E-state index contributed by atoms with van der Waals surface area (Å²) >= 11 is 0. The highest BCUT2D eigenvalue weighted by Crippen LogP contribution is 2.34. The van der Waals surface area contributed by atoms with Crippen LogP contribution in [0.5, 0.6) is 11.5 Å². The monoisotopic (exact) mass is 274 g/mol. The first kappa shape index (κ1) is 13.9. The topological polar surface area (TPSA) is 87.0 Å². The number of aliphatic hydroxyl groups excluding tert-OH is 1. The molecule has 5 nitrogen and oxygen atoms in total. The number of phenolic OH excluding ortho intramolecular Hbond substituents is 1. The van der Waals surface area contributed by atoms with Crippen LogP contribution in [0.3, 0.4) is 0 Å². The molecule has 1 unspecified atom stereocenters. The number of rotatable bonds is 5. The second kappa shape index (κ2) is 6.08. The van der Waals surface area contributed by atoms with Crippen molar-refractivity contribution in [3.63, 3.8) is 0 Å². The number of carboxylic acid groups (broad SMARTS) is 1. The minimum Gasteiger partial charge on any atom is -0.504 e. The average Bonchev–Trinajstić information content (AvgIpc) is 2.46. The molecular formula is C15H14O5. The van der Waals surface area contributed by atoms with Gasteiger partial charge in [0.15, 0.2) is 17.6 Å². The average molecular weight is 274 g/mol. The largest absolute Gasteiger partial charge is 0.504 e. The van der Waals surface area contributed by atoms with Gasteiger partial charge < -0.3 is 20.1 Å². The summed E-state index contributed by atoms with van der Waals surface area (Å²) in [5, 5.41) is 28.2. The van der Waals surface area contributed by atoms with Gasteiger partial charge in [-0.2, -0.15) is 0 Å². The Morgan fingerprint density at radius 2 is 1.80 bits per heavy atom. The van der Waals surface area contributed by atoms with Crippen LogP contribution in [-0.4, -0.2) is 21.3 Å². The van der Waals surface area contributed by atoms with Crippen molar-refractivity contribution in [3.8, 4) is 11.5 Å². The number of benzene rings is 2. The molecule has 0 amide bonds. The van der Waals surface area contributed by atoms with E-state index in [9.17, 15) is 15.0 Å². The van der Waals surface area contributed by atoms with Crippen molar-refractivity contribution in [2.24, 2.45) is 0 Å². The summed E-state index contributed by atoms with van der Waals surface area (Å²) in [5.41, 5.74) is 0.819. The van der Waals surface area contributed by atoms with Crippen LogP contribution in [0.4, 0.5) is 0 Å². The standard InChI is InChI=1S/C15H14O5/c16-13-11(14(17)15(18)19)7-4-8-12(13)20-9-10-5-2-1-3-6-10/h1-8,14,16-17H,9H2,(H,18,19). The molecule has 0 saturated heterocycles. The van der Waals surface area contributed by atoms with Gasteiger partial charge in [-0.15, -0.1) is 0 Å². The molecule has 0 bridgehead atoms. The molecule has 0 heterocycles. The maximum Gasteiger partial charge on any atom is 0.337 e. The first-order valence-corrected chi connectivity index (χ1v) is 5.99. The minimum absolute atomic E-state index is 0.0944. The van der Waals surface area contributed by atoms with E-state index < -0.39 is 12.1 Å². The van der Waals surface area contributed by atoms with E-state index in [4.69, 9.17) is 9.84 Å². The van der Waals surface area contributed by atoms with Gasteiger partial charge in [-0.25, -0.2) is 4.79 Å². The zero-order valence-corrected chi connectivity index (χ0v) is 10.6. The Kier molecular flexibility index (Phi) is 4.22. The number of ether oxygens (including phenoxy) is 1. The second-order valence-electron chi connectivity index (χ2n) is 4.21. The number of carboxylic acids is 1. The molecule has 5 heteroatoms. The first-order valence-electron chi connectivity index (χ1n) is 5.99. The van der Waals surface area contributed by atoms with E-state index in [2.05, 4.69) is 0 Å². The summed E-state index contributed by atoms with van der Waals surface area (Å²) in [6.45, 7) is 0.237. The molecule has 0 aliphatic heterocycles. The van der Waals surface area contributed by atoms with E-state index in [1.807, 2.05) is 30.3 Å². The van der Waals surface area contributed by atoms with Crippen molar-refractivity contribution < 1.29 is 24.9 Å². The highest BCUT2D eigenvalue weighted by atomic mass is 16.5. The molecular weight excluding hydrogens is 260 g/mol. The number of hydrogen-bond donors (Lipinski definition) is 3. The van der Waals surface area contributed by atoms with Crippen LogP contribution < -0.4 is 4.74 Å². The smallest absolute Gasteiger partial charge is 0.337 e. The molecule has 0 spiro atoms. The zero-order chi connectivity index (χ0) is 14.5. The van der Waals surface area contributed by atoms with Crippen molar-refractivity contribution in [1.29, 1.82) is 0 Å². The number of para-hydroxylation sites is 1. The highest BCUT2D eigenvalue weighted by molar-refractivity contribution is 5.75. The van der Waals surface area contributed by atoms with Crippen molar-refractivity contribution in [2.45, 2.75) is 12.7 Å². The van der Waals surface area contributed by atoms with Gasteiger partial charge in [0.25, 0.3) is 0 Å². The van der Waals surface area contributed by atoms with Crippen LogP contribution in [-0.2, 0) is 11.4 Å². The van der Waals surface area contributed by atoms with Gasteiger partial charge in [0.2, 0.25) is 0 Å². The van der Waals surface area contributed by atoms with Crippen LogP contribution in [0.1, 0.15) is 17.2 Å². The molecule has 0 fully saturated rings. The summed E-state index contributed by atoms with van der Waals surface area (Å²) in [6.07, 6.45) is -1.78. The van der Waals surface area contributed by atoms with Gasteiger partial charge in [-0.05, 0) is 11.6 Å². The second-order valence-corrected chi connectivity index (χ2v) is 4.21. The van der Waals surface area contributed by atoms with E-state index in [1.54, 1.807) is 0 Å². The van der Waals surface area contributed by atoms with Crippen LogP contribution in [0, 0.1) is 0 Å². The third kappa shape index (κ3) is 3.07. The summed E-state index contributed by atoms with van der Waals surface area (Å²) in [7, 11) is 0. The van der Waals surface area contributed by atoms with E-state index in [0.717, 1.165) is 5.56 Å². The van der Waals surface area contributed by atoms with Gasteiger partial charge >= 0.3 is 5.97 Å². The number of aliphatic carboxylic acids is 1. The van der Waals surface area contributed by atoms with Crippen molar-refractivity contribution in [2.75, 3.05) is 0 Å². The Bertz CT molecular complexity index is 594.